The molecule has 0 unspecified atom stereocenters. The molecule has 0 amide bonds. The normalized spacial score (nSPS) is 11.6. The number of nitrogens with zero attached hydrogens (tertiary/aromatic N) is 1. The maximum atomic E-state index is 11.3. The summed E-state index contributed by atoms with van der Waals surface area (Å²) in [5.41, 5.74) is -0.514. The fourth-order valence-electron chi connectivity index (χ4n) is 1.06. The van der Waals surface area contributed by atoms with Gasteiger partial charge in [-0.15, -0.1) is 0 Å². The molecule has 1 aromatic heterocycles. The Kier molecular flexibility index (Phi) is 2.06. The Labute approximate surface area is 71.0 Å². The summed E-state index contributed by atoms with van der Waals surface area (Å²) in [4.78, 5) is 25.0. The van der Waals surface area contributed by atoms with Crippen LogP contribution < -0.4 is 11.2 Å². The zero-order valence-corrected chi connectivity index (χ0v) is 8.42. The van der Waals surface area contributed by atoms with Gasteiger partial charge in [0.15, 0.2) is 8.24 Å². The van der Waals surface area contributed by atoms with Crippen molar-refractivity contribution in [3.8, 4) is 0 Å². The lowest BCUT2D eigenvalue weighted by molar-refractivity contribution is 0.920. The molecule has 5 heteroatoms. The molecule has 0 aromatic carbocycles. The van der Waals surface area contributed by atoms with Gasteiger partial charge in [0.05, 0.1) is 0 Å². The summed E-state index contributed by atoms with van der Waals surface area (Å²) in [6.07, 6.45) is 1.38. The fourth-order valence-corrected chi connectivity index (χ4v) is 2.47. The fraction of sp³-hybridized carbons (Fsp3) is 0.429. The zero-order chi connectivity index (χ0) is 9.35. The second-order valence-electron chi connectivity index (χ2n) is 3.63. The number of hydrogen-bond donors (Lipinski definition) is 1. The number of rotatable bonds is 1. The van der Waals surface area contributed by atoms with Crippen molar-refractivity contribution in [2.24, 2.45) is 0 Å². The molecule has 1 heterocycles. The third-order valence-corrected chi connectivity index (χ3v) is 3.29. The van der Waals surface area contributed by atoms with Crippen LogP contribution in [0, 0.1) is 0 Å². The van der Waals surface area contributed by atoms with Crippen molar-refractivity contribution in [3.05, 3.63) is 33.1 Å². The van der Waals surface area contributed by atoms with E-state index in [9.17, 15) is 9.59 Å². The molecule has 66 valence electrons. The highest BCUT2D eigenvalue weighted by molar-refractivity contribution is 6.74. The Bertz CT molecular complexity index is 357. The largest absolute Gasteiger partial charge is 0.320 e. The van der Waals surface area contributed by atoms with E-state index in [2.05, 4.69) is 4.98 Å². The van der Waals surface area contributed by atoms with Crippen molar-refractivity contribution in [2.45, 2.75) is 19.6 Å². The third-order valence-electron chi connectivity index (χ3n) is 1.53. The lowest BCUT2D eigenvalue weighted by Gasteiger charge is -2.17. The summed E-state index contributed by atoms with van der Waals surface area (Å²) in [7, 11) is -1.86. The summed E-state index contributed by atoms with van der Waals surface area (Å²) < 4.78 is 1.33. The van der Waals surface area contributed by atoms with Gasteiger partial charge >= 0.3 is 5.69 Å². The van der Waals surface area contributed by atoms with Gasteiger partial charge in [-0.1, -0.05) is 19.6 Å². The average molecular weight is 184 g/mol. The van der Waals surface area contributed by atoms with Gasteiger partial charge in [-0.05, 0) is 0 Å². The van der Waals surface area contributed by atoms with Crippen LogP contribution in [0.15, 0.2) is 21.9 Å². The molecule has 1 N–H and O–H groups in total. The van der Waals surface area contributed by atoms with Crippen LogP contribution in [0.2, 0.25) is 19.6 Å². The molecule has 12 heavy (non-hydrogen) atoms. The lowest BCUT2D eigenvalue weighted by Crippen LogP contribution is -2.49. The van der Waals surface area contributed by atoms with Gasteiger partial charge in [-0.25, -0.2) is 4.79 Å². The van der Waals surface area contributed by atoms with Crippen molar-refractivity contribution >= 4 is 8.24 Å². The van der Waals surface area contributed by atoms with E-state index < -0.39 is 8.24 Å². The highest BCUT2D eigenvalue weighted by Crippen LogP contribution is 1.96. The van der Waals surface area contributed by atoms with Crippen LogP contribution in [0.1, 0.15) is 0 Å². The Morgan fingerprint density at radius 1 is 1.33 bits per heavy atom. The van der Waals surface area contributed by atoms with Gasteiger partial charge in [0, 0.05) is 12.3 Å². The molecule has 0 saturated heterocycles. The van der Waals surface area contributed by atoms with Crippen molar-refractivity contribution in [3.63, 3.8) is 0 Å². The van der Waals surface area contributed by atoms with Crippen molar-refractivity contribution < 1.29 is 0 Å². The molecule has 4 nitrogen and oxygen atoms in total. The van der Waals surface area contributed by atoms with Gasteiger partial charge < -0.3 is 4.98 Å². The zero-order valence-electron chi connectivity index (χ0n) is 7.42. The van der Waals surface area contributed by atoms with Gasteiger partial charge in [0.1, 0.15) is 0 Å². The van der Waals surface area contributed by atoms with Crippen LogP contribution in [0.3, 0.4) is 0 Å². The minimum atomic E-state index is -1.86. The van der Waals surface area contributed by atoms with E-state index in [4.69, 9.17) is 0 Å². The second-order valence-corrected chi connectivity index (χ2v) is 8.42. The number of hydrogen-bond acceptors (Lipinski definition) is 2. The standard InChI is InChI=1S/C7H12N2O2Si/c1-12(2,3)9-6(10)4-5-8-7(9)11/h4-5H,1-3H3,(H,8,11). The molecule has 0 aliphatic carbocycles. The van der Waals surface area contributed by atoms with Crippen molar-refractivity contribution in [2.75, 3.05) is 0 Å². The second kappa shape index (κ2) is 2.74. The third kappa shape index (κ3) is 1.55. The van der Waals surface area contributed by atoms with Crippen LogP contribution in [-0.4, -0.2) is 17.5 Å². The number of nitrogens with one attached hydrogen (secondary N) is 1. The predicted octanol–water partition coefficient (Wildman–Crippen LogP) is 0.220. The number of H-pyrrole nitrogens is 1. The van der Waals surface area contributed by atoms with Crippen LogP contribution in [-0.2, 0) is 0 Å². The maximum Gasteiger partial charge on any atom is 0.320 e. The Hall–Kier alpha value is -1.10. The molecular weight excluding hydrogens is 172 g/mol. The Morgan fingerprint density at radius 2 is 1.92 bits per heavy atom. The van der Waals surface area contributed by atoms with Gasteiger partial charge in [-0.3, -0.25) is 9.03 Å². The molecule has 0 bridgehead atoms. The summed E-state index contributed by atoms with van der Waals surface area (Å²) in [5.74, 6) is 0. The molecule has 0 fully saturated rings. The molecule has 1 rings (SSSR count). The van der Waals surface area contributed by atoms with E-state index in [-0.39, 0.29) is 11.2 Å². The number of aromatic nitrogens is 2. The first kappa shape index (κ1) is 8.99. The van der Waals surface area contributed by atoms with E-state index in [1.54, 1.807) is 0 Å². The Morgan fingerprint density at radius 3 is 2.25 bits per heavy atom. The van der Waals surface area contributed by atoms with Crippen molar-refractivity contribution in [1.82, 2.24) is 9.22 Å². The average Bonchev–Trinajstić information content (AvgIpc) is 1.82. The predicted molar refractivity (Wildman–Crippen MR) is 50.1 cm³/mol. The molecule has 0 atom stereocenters. The summed E-state index contributed by atoms with van der Waals surface area (Å²) in [6, 6.07) is 1.37. The smallest absolute Gasteiger partial charge is 0.315 e. The first-order valence-electron chi connectivity index (χ1n) is 3.74. The first-order valence-corrected chi connectivity index (χ1v) is 7.19. The van der Waals surface area contributed by atoms with E-state index in [1.165, 1.54) is 16.5 Å². The summed E-state index contributed by atoms with van der Waals surface area (Å²) in [5, 5.41) is 0. The quantitative estimate of drug-likeness (QED) is 0.635. The van der Waals surface area contributed by atoms with E-state index in [0.717, 1.165) is 0 Å². The minimum absolute atomic E-state index is 0.210. The van der Waals surface area contributed by atoms with Crippen LogP contribution in [0.4, 0.5) is 0 Å². The van der Waals surface area contributed by atoms with Gasteiger partial charge in [0.2, 0.25) is 5.56 Å². The molecular formula is C7H12N2O2Si. The molecule has 0 radical (unpaired) electrons. The molecule has 0 spiro atoms. The minimum Gasteiger partial charge on any atom is -0.315 e. The number of aromatic amines is 1. The van der Waals surface area contributed by atoms with Crippen LogP contribution in [0.5, 0.6) is 0 Å². The molecule has 1 aromatic rings. The first-order chi connectivity index (χ1) is 5.43. The molecule has 0 aliphatic rings. The van der Waals surface area contributed by atoms with Gasteiger partial charge in [0.25, 0.3) is 0 Å². The molecule has 0 aliphatic heterocycles. The summed E-state index contributed by atoms with van der Waals surface area (Å²) in [6.45, 7) is 5.84. The monoisotopic (exact) mass is 184 g/mol. The van der Waals surface area contributed by atoms with E-state index >= 15 is 0 Å². The van der Waals surface area contributed by atoms with E-state index in [0.29, 0.717) is 0 Å². The maximum absolute atomic E-state index is 11.3. The summed E-state index contributed by atoms with van der Waals surface area (Å²) >= 11 is 0. The van der Waals surface area contributed by atoms with E-state index in [1.807, 2.05) is 19.6 Å². The van der Waals surface area contributed by atoms with Crippen LogP contribution in [0.25, 0.3) is 0 Å². The topological polar surface area (TPSA) is 54.9 Å². The molecule has 0 saturated carbocycles. The van der Waals surface area contributed by atoms with Crippen LogP contribution >= 0.6 is 0 Å². The van der Waals surface area contributed by atoms with Crippen molar-refractivity contribution in [1.29, 1.82) is 0 Å². The van der Waals surface area contributed by atoms with Gasteiger partial charge in [-0.2, -0.15) is 0 Å². The Balaban J connectivity index is 3.53. The highest BCUT2D eigenvalue weighted by Gasteiger charge is 2.19. The highest BCUT2D eigenvalue weighted by atomic mass is 28.3. The lowest BCUT2D eigenvalue weighted by atomic mass is 10.7. The SMILES string of the molecule is C[Si](C)(C)n1c(=O)cc[nH]c1=O.